The first-order chi connectivity index (χ1) is 13.7. The molecular weight excluding hydrogens is 356 g/mol. The van der Waals surface area contributed by atoms with E-state index in [2.05, 4.69) is 34.6 Å². The maximum absolute atomic E-state index is 10.4. The van der Waals surface area contributed by atoms with Crippen LogP contribution in [0.25, 0.3) is 0 Å². The molecule has 4 aliphatic carbocycles. The smallest absolute Gasteiger partial charge is 0.114 e. The van der Waals surface area contributed by atoms with Crippen LogP contribution in [0.1, 0.15) is 105 Å². The number of hydrogen-bond donors (Lipinski definition) is 1. The summed E-state index contributed by atoms with van der Waals surface area (Å²) in [6.07, 6.45) is 14.8. The minimum absolute atomic E-state index is 0.0434. The molecule has 5 aliphatic rings. The van der Waals surface area contributed by atoms with Crippen molar-refractivity contribution in [2.45, 2.75) is 123 Å². The number of epoxide rings is 1. The van der Waals surface area contributed by atoms with E-state index in [9.17, 15) is 5.11 Å². The molecule has 3 unspecified atom stereocenters. The molecule has 1 heterocycles. The van der Waals surface area contributed by atoms with Gasteiger partial charge in [-0.3, -0.25) is 0 Å². The molecule has 1 saturated heterocycles. The first kappa shape index (κ1) is 20.8. The number of hydrogen-bond acceptors (Lipinski definition) is 2. The lowest BCUT2D eigenvalue weighted by atomic mass is 9.44. The van der Waals surface area contributed by atoms with Gasteiger partial charge >= 0.3 is 0 Å². The van der Waals surface area contributed by atoms with Crippen LogP contribution in [0, 0.1) is 46.3 Å². The van der Waals surface area contributed by atoms with E-state index in [0.717, 1.165) is 41.9 Å². The summed E-state index contributed by atoms with van der Waals surface area (Å²) in [7, 11) is 0. The largest absolute Gasteiger partial charge is 0.390 e. The van der Waals surface area contributed by atoms with Crippen molar-refractivity contribution in [3.8, 4) is 0 Å². The molecule has 1 spiro atoms. The summed E-state index contributed by atoms with van der Waals surface area (Å²) in [5, 5.41) is 10.4. The summed E-state index contributed by atoms with van der Waals surface area (Å²) in [5.41, 5.74) is 0.946. The Morgan fingerprint density at radius 3 is 2.45 bits per heavy atom. The van der Waals surface area contributed by atoms with Crippen molar-refractivity contribution in [1.29, 1.82) is 0 Å². The lowest BCUT2D eigenvalue weighted by Gasteiger charge is -2.60. The predicted octanol–water partition coefficient (Wildman–Crippen LogP) is 6.60. The van der Waals surface area contributed by atoms with Gasteiger partial charge in [-0.25, -0.2) is 0 Å². The van der Waals surface area contributed by atoms with Crippen molar-refractivity contribution in [2.24, 2.45) is 46.3 Å². The summed E-state index contributed by atoms with van der Waals surface area (Å²) in [4.78, 5) is 0. The molecule has 0 aromatic carbocycles. The lowest BCUT2D eigenvalue weighted by molar-refractivity contribution is -0.120. The number of rotatable bonds is 5. The summed E-state index contributed by atoms with van der Waals surface area (Å²) >= 11 is 0. The quantitative estimate of drug-likeness (QED) is 0.525. The molecule has 0 aromatic heterocycles. The topological polar surface area (TPSA) is 32.8 Å². The van der Waals surface area contributed by atoms with E-state index in [0.29, 0.717) is 10.8 Å². The summed E-state index contributed by atoms with van der Waals surface area (Å²) in [6, 6.07) is 0. The molecule has 4 saturated carbocycles. The third kappa shape index (κ3) is 2.86. The van der Waals surface area contributed by atoms with Gasteiger partial charge in [0.05, 0.1) is 6.10 Å². The van der Waals surface area contributed by atoms with Gasteiger partial charge in [-0.15, -0.1) is 0 Å². The first-order valence-corrected chi connectivity index (χ1v) is 13.1. The van der Waals surface area contributed by atoms with Crippen LogP contribution in [0.4, 0.5) is 0 Å². The van der Waals surface area contributed by atoms with E-state index < -0.39 is 0 Å². The van der Waals surface area contributed by atoms with Gasteiger partial charge in [-0.1, -0.05) is 53.9 Å². The molecule has 5 rings (SSSR count). The Morgan fingerprint density at radius 2 is 1.69 bits per heavy atom. The van der Waals surface area contributed by atoms with Gasteiger partial charge in [0.1, 0.15) is 11.7 Å². The highest BCUT2D eigenvalue weighted by atomic mass is 16.6. The SMILES string of the molecule is CC(C)CCC[C@@H](C)[C@H]1CC[C@H]2[C@@H]3CCC45OC4C(O)CC[C@]5(C)[C@H]3CC[C@]12C. The number of fused-ring (bicyclic) bond motifs is 4. The second kappa shape index (κ2) is 6.96. The zero-order valence-electron chi connectivity index (χ0n) is 19.8. The summed E-state index contributed by atoms with van der Waals surface area (Å²) < 4.78 is 6.34. The molecular formula is C27H46O2. The van der Waals surface area contributed by atoms with Crippen molar-refractivity contribution >= 4 is 0 Å². The number of aliphatic hydroxyl groups is 1. The van der Waals surface area contributed by atoms with E-state index >= 15 is 0 Å². The average molecular weight is 403 g/mol. The molecule has 0 radical (unpaired) electrons. The van der Waals surface area contributed by atoms with Crippen LogP contribution in [-0.4, -0.2) is 22.9 Å². The van der Waals surface area contributed by atoms with Crippen molar-refractivity contribution < 1.29 is 9.84 Å². The van der Waals surface area contributed by atoms with Crippen LogP contribution in [0.15, 0.2) is 0 Å². The Hall–Kier alpha value is -0.0800. The van der Waals surface area contributed by atoms with Crippen LogP contribution in [0.3, 0.4) is 0 Å². The fourth-order valence-corrected chi connectivity index (χ4v) is 9.72. The normalized spacial score (nSPS) is 54.3. The van der Waals surface area contributed by atoms with Gasteiger partial charge in [0, 0.05) is 5.41 Å². The van der Waals surface area contributed by atoms with Crippen molar-refractivity contribution in [1.82, 2.24) is 0 Å². The minimum atomic E-state index is -0.198. The highest BCUT2D eigenvalue weighted by Gasteiger charge is 2.76. The molecule has 2 nitrogen and oxygen atoms in total. The Bertz CT molecular complexity index is 630. The van der Waals surface area contributed by atoms with Gasteiger partial charge in [0.25, 0.3) is 0 Å². The van der Waals surface area contributed by atoms with Gasteiger partial charge in [-0.2, -0.15) is 0 Å². The highest BCUT2D eigenvalue weighted by Crippen LogP contribution is 2.73. The second-order valence-electron chi connectivity index (χ2n) is 12.9. The number of aliphatic hydroxyl groups excluding tert-OH is 1. The molecule has 0 amide bonds. The molecule has 0 aromatic rings. The highest BCUT2D eigenvalue weighted by molar-refractivity contribution is 5.24. The third-order valence-corrected chi connectivity index (χ3v) is 11.3. The molecule has 5 fully saturated rings. The molecule has 1 N–H and O–H groups in total. The maximum Gasteiger partial charge on any atom is 0.114 e. The number of ether oxygens (including phenoxy) is 1. The predicted molar refractivity (Wildman–Crippen MR) is 119 cm³/mol. The Labute approximate surface area is 179 Å². The van der Waals surface area contributed by atoms with Crippen molar-refractivity contribution in [3.63, 3.8) is 0 Å². The van der Waals surface area contributed by atoms with Gasteiger partial charge < -0.3 is 9.84 Å². The van der Waals surface area contributed by atoms with E-state index in [4.69, 9.17) is 4.74 Å². The van der Waals surface area contributed by atoms with E-state index in [-0.39, 0.29) is 17.8 Å². The molecule has 2 heteroatoms. The first-order valence-electron chi connectivity index (χ1n) is 13.1. The van der Waals surface area contributed by atoms with Crippen molar-refractivity contribution in [2.75, 3.05) is 0 Å². The van der Waals surface area contributed by atoms with Crippen molar-refractivity contribution in [3.05, 3.63) is 0 Å². The van der Waals surface area contributed by atoms with E-state index in [1.807, 2.05) is 0 Å². The van der Waals surface area contributed by atoms with E-state index in [1.165, 1.54) is 64.2 Å². The van der Waals surface area contributed by atoms with Gasteiger partial charge in [0.2, 0.25) is 0 Å². The second-order valence-corrected chi connectivity index (χ2v) is 12.9. The maximum atomic E-state index is 10.4. The third-order valence-electron chi connectivity index (χ3n) is 11.3. The average Bonchev–Trinajstić information content (AvgIpc) is 3.31. The molecule has 166 valence electrons. The summed E-state index contributed by atoms with van der Waals surface area (Å²) in [5.74, 6) is 5.38. The monoisotopic (exact) mass is 402 g/mol. The summed E-state index contributed by atoms with van der Waals surface area (Å²) in [6.45, 7) is 12.6. The molecule has 10 atom stereocenters. The van der Waals surface area contributed by atoms with Crippen LogP contribution < -0.4 is 0 Å². The fraction of sp³-hybridized carbons (Fsp3) is 1.00. The lowest BCUT2D eigenvalue weighted by Crippen LogP contribution is -2.58. The zero-order valence-corrected chi connectivity index (χ0v) is 19.8. The standard InChI is InChI=1S/C27H46O2/c1-17(2)7-6-8-18(3)20-9-10-21-19-11-16-27-24(29-27)23(28)13-15-26(27,5)22(19)12-14-25(20,21)4/h17-24,28H,6-16H2,1-5H3/t18-,19+,20-,21+,22+,23?,24?,25-,26-,27?/m1/s1. The molecule has 29 heavy (non-hydrogen) atoms. The van der Waals surface area contributed by atoms with Gasteiger partial charge in [-0.05, 0) is 92.3 Å². The molecule has 0 bridgehead atoms. The Balaban J connectivity index is 1.32. The van der Waals surface area contributed by atoms with Gasteiger partial charge in [0.15, 0.2) is 0 Å². The molecule has 1 aliphatic heterocycles. The minimum Gasteiger partial charge on any atom is -0.390 e. The Morgan fingerprint density at radius 1 is 0.897 bits per heavy atom. The van der Waals surface area contributed by atoms with Crippen LogP contribution in [-0.2, 0) is 4.74 Å². The fourth-order valence-electron chi connectivity index (χ4n) is 9.72. The zero-order chi connectivity index (χ0) is 20.6. The van der Waals surface area contributed by atoms with Crippen LogP contribution in [0.5, 0.6) is 0 Å². The van der Waals surface area contributed by atoms with Crippen LogP contribution in [0.2, 0.25) is 0 Å². The van der Waals surface area contributed by atoms with E-state index in [1.54, 1.807) is 0 Å². The Kier molecular flexibility index (Phi) is 4.99. The van der Waals surface area contributed by atoms with Crippen LogP contribution >= 0.6 is 0 Å².